The number of alkyl halides is 3. The summed E-state index contributed by atoms with van der Waals surface area (Å²) in [6.07, 6.45) is -7.11. The van der Waals surface area contributed by atoms with Crippen molar-refractivity contribution in [2.45, 2.75) is 18.8 Å². The van der Waals surface area contributed by atoms with E-state index in [1.54, 1.807) is 24.3 Å². The van der Waals surface area contributed by atoms with Gasteiger partial charge in [-0.2, -0.15) is 18.4 Å². The molecule has 0 saturated carbocycles. The first-order valence-corrected chi connectivity index (χ1v) is 6.56. The molecule has 0 saturated heterocycles. The number of aliphatic hydroxyl groups is 1. The standard InChI is InChI=1S/C14H13F3N4O2/c1-21(7-11(22)14(15,16)17)8-12-19-20-13(23-12)10-4-2-9(6-18)3-5-10/h2-5,11,22H,7-8H2,1H3. The lowest BCUT2D eigenvalue weighted by Gasteiger charge is -2.20. The van der Waals surface area contributed by atoms with Crippen LogP contribution < -0.4 is 0 Å². The molecular formula is C14H13F3N4O2. The van der Waals surface area contributed by atoms with E-state index in [-0.39, 0.29) is 18.3 Å². The second kappa shape index (κ2) is 6.76. The fraction of sp³-hybridized carbons (Fsp3) is 0.357. The predicted molar refractivity (Wildman–Crippen MR) is 72.8 cm³/mol. The van der Waals surface area contributed by atoms with Crippen molar-refractivity contribution < 1.29 is 22.7 Å². The quantitative estimate of drug-likeness (QED) is 0.904. The summed E-state index contributed by atoms with van der Waals surface area (Å²) in [5.41, 5.74) is 1.08. The van der Waals surface area contributed by atoms with Crippen LogP contribution in [0.2, 0.25) is 0 Å². The number of rotatable bonds is 5. The highest BCUT2D eigenvalue weighted by Gasteiger charge is 2.38. The predicted octanol–water partition coefficient (Wildman–Crippen LogP) is 1.96. The van der Waals surface area contributed by atoms with Crippen LogP contribution in [0.25, 0.3) is 11.5 Å². The molecule has 6 nitrogen and oxygen atoms in total. The lowest BCUT2D eigenvalue weighted by atomic mass is 10.1. The first kappa shape index (κ1) is 16.9. The van der Waals surface area contributed by atoms with E-state index >= 15 is 0 Å². The van der Waals surface area contributed by atoms with Crippen molar-refractivity contribution in [2.75, 3.05) is 13.6 Å². The molecule has 1 unspecified atom stereocenters. The van der Waals surface area contributed by atoms with Crippen LogP contribution in [0.1, 0.15) is 11.5 Å². The summed E-state index contributed by atoms with van der Waals surface area (Å²) in [4.78, 5) is 1.23. The summed E-state index contributed by atoms with van der Waals surface area (Å²) >= 11 is 0. The third-order valence-corrected chi connectivity index (χ3v) is 3.00. The van der Waals surface area contributed by atoms with Crippen LogP contribution in [0.15, 0.2) is 28.7 Å². The van der Waals surface area contributed by atoms with Crippen LogP contribution in [-0.4, -0.2) is 46.1 Å². The van der Waals surface area contributed by atoms with Gasteiger partial charge in [0, 0.05) is 12.1 Å². The van der Waals surface area contributed by atoms with Crippen LogP contribution in [-0.2, 0) is 6.54 Å². The van der Waals surface area contributed by atoms with Gasteiger partial charge in [-0.1, -0.05) is 0 Å². The normalized spacial score (nSPS) is 13.1. The molecule has 1 atom stereocenters. The van der Waals surface area contributed by atoms with Gasteiger partial charge in [0.1, 0.15) is 0 Å². The maximum Gasteiger partial charge on any atom is 0.415 e. The molecule has 0 spiro atoms. The average molecular weight is 326 g/mol. The monoisotopic (exact) mass is 326 g/mol. The topological polar surface area (TPSA) is 86.2 Å². The largest absolute Gasteiger partial charge is 0.419 e. The lowest BCUT2D eigenvalue weighted by molar-refractivity contribution is -0.207. The summed E-state index contributed by atoms with van der Waals surface area (Å²) in [7, 11) is 1.40. The Kier molecular flexibility index (Phi) is 4.98. The number of nitriles is 1. The van der Waals surface area contributed by atoms with E-state index in [4.69, 9.17) is 14.8 Å². The Labute approximate surface area is 129 Å². The molecule has 1 N–H and O–H groups in total. The molecule has 0 fully saturated rings. The summed E-state index contributed by atoms with van der Waals surface area (Å²) in [6.45, 7) is -0.630. The van der Waals surface area contributed by atoms with Crippen LogP contribution in [0.3, 0.4) is 0 Å². The summed E-state index contributed by atoms with van der Waals surface area (Å²) in [5.74, 6) is 0.329. The minimum absolute atomic E-state index is 0.0313. The number of nitrogens with zero attached hydrogens (tertiary/aromatic N) is 4. The number of hydrogen-bond donors (Lipinski definition) is 1. The van der Waals surface area contributed by atoms with Crippen molar-refractivity contribution in [1.29, 1.82) is 5.26 Å². The number of likely N-dealkylation sites (N-methyl/N-ethyl adjacent to an activating group) is 1. The Balaban J connectivity index is 2.00. The minimum atomic E-state index is -4.67. The zero-order chi connectivity index (χ0) is 17.0. The zero-order valence-corrected chi connectivity index (χ0v) is 12.1. The first-order valence-electron chi connectivity index (χ1n) is 6.56. The van der Waals surface area contributed by atoms with Gasteiger partial charge in [0.05, 0.1) is 18.2 Å². The van der Waals surface area contributed by atoms with E-state index in [0.717, 1.165) is 0 Å². The van der Waals surface area contributed by atoms with Gasteiger partial charge in [-0.3, -0.25) is 4.90 Å². The Morgan fingerprint density at radius 3 is 2.52 bits per heavy atom. The first-order chi connectivity index (χ1) is 10.8. The van der Waals surface area contributed by atoms with Gasteiger partial charge < -0.3 is 9.52 Å². The Hall–Kier alpha value is -2.44. The van der Waals surface area contributed by atoms with Crippen molar-refractivity contribution >= 4 is 0 Å². The smallest absolute Gasteiger partial charge is 0.415 e. The number of halogens is 3. The van der Waals surface area contributed by atoms with Gasteiger partial charge in [-0.05, 0) is 31.3 Å². The maximum atomic E-state index is 12.3. The van der Waals surface area contributed by atoms with Crippen LogP contribution >= 0.6 is 0 Å². The van der Waals surface area contributed by atoms with Crippen LogP contribution in [0.4, 0.5) is 13.2 Å². The molecule has 1 heterocycles. The van der Waals surface area contributed by atoms with Gasteiger partial charge >= 0.3 is 6.18 Å². The molecule has 0 amide bonds. The number of hydrogen-bond acceptors (Lipinski definition) is 6. The van der Waals surface area contributed by atoms with Gasteiger partial charge in [0.25, 0.3) is 0 Å². The third-order valence-electron chi connectivity index (χ3n) is 3.00. The summed E-state index contributed by atoms with van der Waals surface area (Å²) in [5, 5.41) is 25.3. The Bertz CT molecular complexity index is 691. The molecular weight excluding hydrogens is 313 g/mol. The average Bonchev–Trinajstić information content (AvgIpc) is 2.94. The SMILES string of the molecule is CN(Cc1nnc(-c2ccc(C#N)cc2)o1)CC(O)C(F)(F)F. The molecule has 1 aromatic heterocycles. The highest BCUT2D eigenvalue weighted by Crippen LogP contribution is 2.22. The van der Waals surface area contributed by atoms with E-state index in [9.17, 15) is 13.2 Å². The fourth-order valence-electron chi connectivity index (χ4n) is 1.82. The molecule has 23 heavy (non-hydrogen) atoms. The summed E-state index contributed by atoms with van der Waals surface area (Å²) < 4.78 is 42.2. The van der Waals surface area contributed by atoms with E-state index in [1.807, 2.05) is 6.07 Å². The molecule has 0 bridgehead atoms. The number of aromatic nitrogens is 2. The van der Waals surface area contributed by atoms with Crippen molar-refractivity contribution in [1.82, 2.24) is 15.1 Å². The highest BCUT2D eigenvalue weighted by molar-refractivity contribution is 5.54. The van der Waals surface area contributed by atoms with Gasteiger partial charge in [0.2, 0.25) is 11.8 Å². The maximum absolute atomic E-state index is 12.3. The Morgan fingerprint density at radius 2 is 1.96 bits per heavy atom. The number of benzene rings is 1. The van der Waals surface area contributed by atoms with Crippen LogP contribution in [0, 0.1) is 11.3 Å². The summed E-state index contributed by atoms with van der Waals surface area (Å²) in [6, 6.07) is 8.42. The molecule has 0 radical (unpaired) electrons. The van der Waals surface area contributed by atoms with Crippen molar-refractivity contribution in [3.63, 3.8) is 0 Å². The van der Waals surface area contributed by atoms with E-state index in [2.05, 4.69) is 10.2 Å². The molecule has 122 valence electrons. The highest BCUT2D eigenvalue weighted by atomic mass is 19.4. The van der Waals surface area contributed by atoms with Crippen molar-refractivity contribution in [2.24, 2.45) is 0 Å². The molecule has 9 heteroatoms. The van der Waals surface area contributed by atoms with Crippen LogP contribution in [0.5, 0.6) is 0 Å². The number of aliphatic hydroxyl groups excluding tert-OH is 1. The second-order valence-electron chi connectivity index (χ2n) is 4.94. The molecule has 2 aromatic rings. The molecule has 1 aromatic carbocycles. The molecule has 0 aliphatic carbocycles. The lowest BCUT2D eigenvalue weighted by Crippen LogP contribution is -2.39. The fourth-order valence-corrected chi connectivity index (χ4v) is 1.82. The zero-order valence-electron chi connectivity index (χ0n) is 12.1. The molecule has 2 rings (SSSR count). The van der Waals surface area contributed by atoms with Crippen molar-refractivity contribution in [3.8, 4) is 17.5 Å². The minimum Gasteiger partial charge on any atom is -0.419 e. The van der Waals surface area contributed by atoms with E-state index in [0.29, 0.717) is 11.1 Å². The third kappa shape index (κ3) is 4.51. The molecule has 0 aliphatic heterocycles. The van der Waals surface area contributed by atoms with E-state index < -0.39 is 18.8 Å². The van der Waals surface area contributed by atoms with Crippen molar-refractivity contribution in [3.05, 3.63) is 35.7 Å². The van der Waals surface area contributed by atoms with Gasteiger partial charge in [-0.25, -0.2) is 0 Å². The molecule has 0 aliphatic rings. The van der Waals surface area contributed by atoms with Gasteiger partial charge in [-0.15, -0.1) is 10.2 Å². The van der Waals surface area contributed by atoms with Gasteiger partial charge in [0.15, 0.2) is 6.10 Å². The van der Waals surface area contributed by atoms with E-state index in [1.165, 1.54) is 11.9 Å². The Morgan fingerprint density at radius 1 is 1.30 bits per heavy atom. The second-order valence-corrected chi connectivity index (χ2v) is 4.94.